The molecule has 9 heteroatoms. The van der Waals surface area contributed by atoms with Crippen molar-refractivity contribution in [2.75, 3.05) is 4.72 Å². The van der Waals surface area contributed by atoms with Crippen LogP contribution in [0.4, 0.5) is 18.9 Å². The van der Waals surface area contributed by atoms with Gasteiger partial charge in [-0.05, 0) is 55.2 Å². The number of H-pyrrole nitrogens is 1. The van der Waals surface area contributed by atoms with Gasteiger partial charge in [0.15, 0.2) is 5.78 Å². The number of ketones is 1. The molecule has 30 heavy (non-hydrogen) atoms. The number of sulfonamides is 1. The van der Waals surface area contributed by atoms with Gasteiger partial charge in [-0.3, -0.25) is 9.52 Å². The van der Waals surface area contributed by atoms with Gasteiger partial charge in [0.25, 0.3) is 10.0 Å². The van der Waals surface area contributed by atoms with Gasteiger partial charge < -0.3 is 4.98 Å². The van der Waals surface area contributed by atoms with E-state index in [1.165, 1.54) is 12.1 Å². The molecule has 0 aliphatic heterocycles. The molecule has 0 amide bonds. The highest BCUT2D eigenvalue weighted by Crippen LogP contribution is 2.34. The van der Waals surface area contributed by atoms with Crippen LogP contribution in [0.25, 0.3) is 10.9 Å². The normalized spacial score (nSPS) is 14.7. The molecule has 1 aromatic heterocycles. The maximum Gasteiger partial charge on any atom is 0.416 e. The molecule has 4 rings (SSSR count). The fraction of sp³-hybridized carbons (Fsp3) is 0.286. The first-order valence-corrected chi connectivity index (χ1v) is 11.0. The summed E-state index contributed by atoms with van der Waals surface area (Å²) in [4.78, 5) is 15.5. The Balaban J connectivity index is 1.79. The number of halogens is 3. The van der Waals surface area contributed by atoms with Gasteiger partial charge in [-0.1, -0.05) is 13.0 Å². The molecule has 2 aromatic carbocycles. The number of aromatic nitrogens is 1. The Hall–Kier alpha value is -2.81. The van der Waals surface area contributed by atoms with Crippen LogP contribution in [0.15, 0.2) is 41.3 Å². The molecule has 0 bridgehead atoms. The summed E-state index contributed by atoms with van der Waals surface area (Å²) in [5.74, 6) is 0.0299. The number of carbonyl (C=O) groups excluding carboxylic acids is 1. The van der Waals surface area contributed by atoms with Gasteiger partial charge in [0.1, 0.15) is 0 Å². The Labute approximate surface area is 171 Å². The number of alkyl halides is 3. The first kappa shape index (κ1) is 20.5. The van der Waals surface area contributed by atoms with Crippen LogP contribution in [0.2, 0.25) is 0 Å². The summed E-state index contributed by atoms with van der Waals surface area (Å²) in [5, 5.41) is 0.685. The van der Waals surface area contributed by atoms with Gasteiger partial charge in [0, 0.05) is 34.3 Å². The van der Waals surface area contributed by atoms with E-state index in [0.29, 0.717) is 41.3 Å². The van der Waals surface area contributed by atoms with E-state index in [-0.39, 0.29) is 16.4 Å². The number of aryl methyl sites for hydroxylation is 2. The van der Waals surface area contributed by atoms with E-state index in [1.807, 2.05) is 0 Å². The SMILES string of the molecule is CCc1cc2c3c([nH]c2cc1S(=O)(=O)Nc1cccc(C(F)(F)F)c1)CCCC3=O. The molecule has 3 aromatic rings. The van der Waals surface area contributed by atoms with Gasteiger partial charge in [-0.2, -0.15) is 13.2 Å². The number of fused-ring (bicyclic) bond motifs is 3. The van der Waals surface area contributed by atoms with Crippen LogP contribution in [0.1, 0.15) is 46.9 Å². The number of Topliss-reactive ketones (excluding diaryl/α,β-unsaturated/α-hetero) is 1. The molecule has 0 saturated carbocycles. The highest BCUT2D eigenvalue weighted by Gasteiger charge is 2.31. The van der Waals surface area contributed by atoms with Crippen molar-refractivity contribution in [2.45, 2.75) is 43.7 Å². The summed E-state index contributed by atoms with van der Waals surface area (Å²) < 4.78 is 67.1. The van der Waals surface area contributed by atoms with Crippen molar-refractivity contribution >= 4 is 32.4 Å². The molecular weight excluding hydrogens is 417 g/mol. The lowest BCUT2D eigenvalue weighted by Crippen LogP contribution is -2.16. The third kappa shape index (κ3) is 3.58. The second kappa shape index (κ2) is 7.16. The molecule has 1 aliphatic rings. The summed E-state index contributed by atoms with van der Waals surface area (Å²) in [7, 11) is -4.15. The van der Waals surface area contributed by atoms with Crippen molar-refractivity contribution in [3.05, 3.63) is 58.8 Å². The smallest absolute Gasteiger partial charge is 0.358 e. The van der Waals surface area contributed by atoms with E-state index < -0.39 is 21.8 Å². The van der Waals surface area contributed by atoms with E-state index in [2.05, 4.69) is 9.71 Å². The molecule has 0 saturated heterocycles. The molecule has 2 N–H and O–H groups in total. The number of hydrogen-bond acceptors (Lipinski definition) is 3. The zero-order valence-electron chi connectivity index (χ0n) is 16.1. The summed E-state index contributed by atoms with van der Waals surface area (Å²) in [6.07, 6.45) is -2.30. The Bertz CT molecular complexity index is 1260. The summed E-state index contributed by atoms with van der Waals surface area (Å²) in [6.45, 7) is 1.78. The lowest BCUT2D eigenvalue weighted by Gasteiger charge is -2.14. The zero-order chi connectivity index (χ0) is 21.7. The molecule has 0 atom stereocenters. The average Bonchev–Trinajstić information content (AvgIpc) is 3.05. The van der Waals surface area contributed by atoms with Gasteiger partial charge in [-0.15, -0.1) is 0 Å². The van der Waals surface area contributed by atoms with Crippen molar-refractivity contribution in [3.8, 4) is 0 Å². The molecule has 0 fully saturated rings. The minimum atomic E-state index is -4.58. The van der Waals surface area contributed by atoms with Crippen molar-refractivity contribution in [2.24, 2.45) is 0 Å². The number of anilines is 1. The van der Waals surface area contributed by atoms with E-state index in [1.54, 1.807) is 13.0 Å². The van der Waals surface area contributed by atoms with E-state index >= 15 is 0 Å². The second-order valence-electron chi connectivity index (χ2n) is 7.30. The molecule has 0 spiro atoms. The van der Waals surface area contributed by atoms with Crippen LogP contribution in [0.3, 0.4) is 0 Å². The lowest BCUT2D eigenvalue weighted by molar-refractivity contribution is -0.137. The molecule has 1 aliphatic carbocycles. The molecule has 0 unspecified atom stereocenters. The van der Waals surface area contributed by atoms with Crippen molar-refractivity contribution < 1.29 is 26.4 Å². The average molecular weight is 436 g/mol. The Kier molecular flexibility index (Phi) is 4.88. The second-order valence-corrected chi connectivity index (χ2v) is 8.95. The first-order chi connectivity index (χ1) is 14.1. The third-order valence-corrected chi connectivity index (χ3v) is 6.74. The maximum absolute atomic E-state index is 13.0. The largest absolute Gasteiger partial charge is 0.416 e. The van der Waals surface area contributed by atoms with Crippen LogP contribution in [-0.2, 0) is 29.0 Å². The number of aromatic amines is 1. The van der Waals surface area contributed by atoms with Crippen LogP contribution in [0.5, 0.6) is 0 Å². The highest BCUT2D eigenvalue weighted by molar-refractivity contribution is 7.92. The summed E-state index contributed by atoms with van der Waals surface area (Å²) in [6, 6.07) is 7.19. The van der Waals surface area contributed by atoms with E-state index in [9.17, 15) is 26.4 Å². The zero-order valence-corrected chi connectivity index (χ0v) is 16.9. The topological polar surface area (TPSA) is 79.0 Å². The molecule has 1 heterocycles. The Morgan fingerprint density at radius 2 is 1.90 bits per heavy atom. The number of nitrogens with one attached hydrogen (secondary N) is 2. The van der Waals surface area contributed by atoms with Gasteiger partial charge >= 0.3 is 6.18 Å². The predicted molar refractivity (Wildman–Crippen MR) is 107 cm³/mol. The summed E-state index contributed by atoms with van der Waals surface area (Å²) in [5.41, 5.74) is 1.31. The minimum Gasteiger partial charge on any atom is -0.358 e. The van der Waals surface area contributed by atoms with Gasteiger partial charge in [0.2, 0.25) is 0 Å². The molecule has 158 valence electrons. The van der Waals surface area contributed by atoms with Gasteiger partial charge in [-0.25, -0.2) is 8.42 Å². The van der Waals surface area contributed by atoms with Crippen LogP contribution in [-0.4, -0.2) is 19.2 Å². The van der Waals surface area contributed by atoms with E-state index in [0.717, 1.165) is 30.3 Å². The van der Waals surface area contributed by atoms with Crippen molar-refractivity contribution in [1.82, 2.24) is 4.98 Å². The Morgan fingerprint density at radius 3 is 2.60 bits per heavy atom. The van der Waals surface area contributed by atoms with Crippen LogP contribution < -0.4 is 4.72 Å². The standard InChI is InChI=1S/C21H19F3N2O3S/c1-2-12-9-15-17(25-16-7-4-8-18(27)20(15)16)11-19(12)30(28,29)26-14-6-3-5-13(10-14)21(22,23)24/h3,5-6,9-11,25-26H,2,4,7-8H2,1H3. The van der Waals surface area contributed by atoms with Crippen LogP contribution >= 0.6 is 0 Å². The number of benzene rings is 2. The highest BCUT2D eigenvalue weighted by atomic mass is 32.2. The first-order valence-electron chi connectivity index (χ1n) is 9.51. The van der Waals surface area contributed by atoms with Crippen LogP contribution in [0, 0.1) is 0 Å². The fourth-order valence-corrected chi connectivity index (χ4v) is 5.24. The lowest BCUT2D eigenvalue weighted by atomic mass is 9.94. The molecule has 5 nitrogen and oxygen atoms in total. The number of hydrogen-bond donors (Lipinski definition) is 2. The molecular formula is C21H19F3N2O3S. The number of carbonyl (C=O) groups is 1. The van der Waals surface area contributed by atoms with Crippen molar-refractivity contribution in [3.63, 3.8) is 0 Å². The molecule has 0 radical (unpaired) electrons. The van der Waals surface area contributed by atoms with Crippen molar-refractivity contribution in [1.29, 1.82) is 0 Å². The quantitative estimate of drug-likeness (QED) is 0.599. The predicted octanol–water partition coefficient (Wildman–Crippen LogP) is 5.07. The monoisotopic (exact) mass is 436 g/mol. The summed E-state index contributed by atoms with van der Waals surface area (Å²) >= 11 is 0. The fourth-order valence-electron chi connectivity index (χ4n) is 3.87. The Morgan fingerprint density at radius 1 is 1.13 bits per heavy atom. The number of rotatable bonds is 4. The van der Waals surface area contributed by atoms with E-state index in [4.69, 9.17) is 0 Å². The minimum absolute atomic E-state index is 0.0269. The maximum atomic E-state index is 13.0. The third-order valence-electron chi connectivity index (χ3n) is 5.28. The van der Waals surface area contributed by atoms with Gasteiger partial charge in [0.05, 0.1) is 10.5 Å².